The monoisotopic (exact) mass is 297 g/mol. The molecule has 7 heteroatoms. The number of benzene rings is 1. The third kappa shape index (κ3) is 2.38. The van der Waals surface area contributed by atoms with Crippen molar-refractivity contribution in [3.05, 3.63) is 40.4 Å². The molecule has 0 saturated carbocycles. The molecule has 0 aliphatic carbocycles. The Morgan fingerprint density at radius 2 is 2.05 bits per heavy atom. The SMILES string of the molecule is CC(C)(C)c1c(C(=O)O)nnn1-c1cccc(Cl)c1F. The van der Waals surface area contributed by atoms with Crippen LogP contribution in [-0.4, -0.2) is 26.1 Å². The molecule has 1 aromatic carbocycles. The maximum atomic E-state index is 14.1. The fraction of sp³-hybridized carbons (Fsp3) is 0.308. The molecule has 0 aliphatic rings. The Balaban J connectivity index is 2.76. The van der Waals surface area contributed by atoms with Crippen molar-refractivity contribution in [3.8, 4) is 5.69 Å². The summed E-state index contributed by atoms with van der Waals surface area (Å²) in [6.07, 6.45) is 0. The first-order chi connectivity index (χ1) is 9.23. The van der Waals surface area contributed by atoms with Crippen LogP contribution < -0.4 is 0 Å². The summed E-state index contributed by atoms with van der Waals surface area (Å²) < 4.78 is 15.3. The summed E-state index contributed by atoms with van der Waals surface area (Å²) in [5.41, 5.74) is -0.392. The predicted octanol–water partition coefficient (Wildman–Crippen LogP) is 3.06. The topological polar surface area (TPSA) is 68.0 Å². The van der Waals surface area contributed by atoms with E-state index in [0.717, 1.165) is 0 Å². The second-order valence-electron chi connectivity index (χ2n) is 5.33. The minimum atomic E-state index is -1.20. The lowest BCUT2D eigenvalue weighted by atomic mass is 9.90. The zero-order valence-corrected chi connectivity index (χ0v) is 11.9. The molecule has 2 rings (SSSR count). The molecule has 20 heavy (non-hydrogen) atoms. The Kier molecular flexibility index (Phi) is 3.52. The van der Waals surface area contributed by atoms with Crippen molar-refractivity contribution < 1.29 is 14.3 Å². The Morgan fingerprint density at radius 1 is 1.40 bits per heavy atom. The number of hydrogen-bond acceptors (Lipinski definition) is 3. The smallest absolute Gasteiger partial charge is 0.358 e. The molecule has 2 aromatic rings. The molecular formula is C13H13ClFN3O2. The Labute approximate surface area is 120 Å². The van der Waals surface area contributed by atoms with Gasteiger partial charge >= 0.3 is 5.97 Å². The maximum Gasteiger partial charge on any atom is 0.358 e. The van der Waals surface area contributed by atoms with Crippen molar-refractivity contribution in [1.82, 2.24) is 15.0 Å². The predicted molar refractivity (Wildman–Crippen MR) is 72.0 cm³/mol. The van der Waals surface area contributed by atoms with Crippen LogP contribution in [0.2, 0.25) is 5.02 Å². The van der Waals surface area contributed by atoms with E-state index >= 15 is 0 Å². The fourth-order valence-electron chi connectivity index (χ4n) is 1.92. The Morgan fingerprint density at radius 3 is 2.60 bits per heavy atom. The number of carboxylic acid groups (broad SMARTS) is 1. The largest absolute Gasteiger partial charge is 0.476 e. The van der Waals surface area contributed by atoms with Gasteiger partial charge in [-0.05, 0) is 12.1 Å². The summed E-state index contributed by atoms with van der Waals surface area (Å²) in [5.74, 6) is -1.87. The number of halogens is 2. The number of carboxylic acids is 1. The van der Waals surface area contributed by atoms with Gasteiger partial charge in [-0.15, -0.1) is 5.10 Å². The normalized spacial score (nSPS) is 11.7. The highest BCUT2D eigenvalue weighted by molar-refractivity contribution is 6.30. The molecule has 0 amide bonds. The molecule has 106 valence electrons. The highest BCUT2D eigenvalue weighted by Crippen LogP contribution is 2.29. The number of aromatic carboxylic acids is 1. The van der Waals surface area contributed by atoms with Crippen molar-refractivity contribution >= 4 is 17.6 Å². The van der Waals surface area contributed by atoms with Gasteiger partial charge in [0, 0.05) is 5.41 Å². The van der Waals surface area contributed by atoms with Gasteiger partial charge in [-0.25, -0.2) is 13.9 Å². The summed E-state index contributed by atoms with van der Waals surface area (Å²) in [7, 11) is 0. The first-order valence-corrected chi connectivity index (χ1v) is 6.25. The summed E-state index contributed by atoms with van der Waals surface area (Å²) in [6, 6.07) is 4.44. The van der Waals surface area contributed by atoms with E-state index < -0.39 is 17.2 Å². The molecule has 0 bridgehead atoms. The van der Waals surface area contributed by atoms with E-state index in [1.807, 2.05) is 0 Å². The molecule has 1 N–H and O–H groups in total. The van der Waals surface area contributed by atoms with Gasteiger partial charge in [0.25, 0.3) is 0 Å². The van der Waals surface area contributed by atoms with Crippen molar-refractivity contribution in [1.29, 1.82) is 0 Å². The van der Waals surface area contributed by atoms with Gasteiger partial charge in [-0.3, -0.25) is 0 Å². The molecule has 1 aromatic heterocycles. The summed E-state index contributed by atoms with van der Waals surface area (Å²) in [5, 5.41) is 16.5. The first kappa shape index (κ1) is 14.5. The zero-order valence-electron chi connectivity index (χ0n) is 11.2. The van der Waals surface area contributed by atoms with E-state index in [9.17, 15) is 14.3 Å². The van der Waals surface area contributed by atoms with Gasteiger partial charge in [0.05, 0.1) is 10.7 Å². The molecule has 0 radical (unpaired) electrons. The van der Waals surface area contributed by atoms with Crippen molar-refractivity contribution in [2.45, 2.75) is 26.2 Å². The van der Waals surface area contributed by atoms with Gasteiger partial charge in [0.15, 0.2) is 11.5 Å². The van der Waals surface area contributed by atoms with Crippen molar-refractivity contribution in [3.63, 3.8) is 0 Å². The van der Waals surface area contributed by atoms with E-state index in [1.54, 1.807) is 26.8 Å². The van der Waals surface area contributed by atoms with Gasteiger partial charge < -0.3 is 5.11 Å². The summed E-state index contributed by atoms with van der Waals surface area (Å²) in [4.78, 5) is 11.2. The molecular weight excluding hydrogens is 285 g/mol. The van der Waals surface area contributed by atoms with Crippen LogP contribution in [0.4, 0.5) is 4.39 Å². The van der Waals surface area contributed by atoms with Crippen LogP contribution >= 0.6 is 11.6 Å². The van der Waals surface area contributed by atoms with Crippen LogP contribution in [0.1, 0.15) is 37.0 Å². The number of aromatic nitrogens is 3. The molecule has 0 fully saturated rings. The van der Waals surface area contributed by atoms with Crippen LogP contribution in [0.25, 0.3) is 5.69 Å². The first-order valence-electron chi connectivity index (χ1n) is 5.87. The minimum Gasteiger partial charge on any atom is -0.476 e. The molecule has 0 atom stereocenters. The third-order valence-corrected chi connectivity index (χ3v) is 3.03. The van der Waals surface area contributed by atoms with Crippen molar-refractivity contribution in [2.75, 3.05) is 0 Å². The van der Waals surface area contributed by atoms with Gasteiger partial charge in [0.1, 0.15) is 5.69 Å². The molecule has 0 aliphatic heterocycles. The van der Waals surface area contributed by atoms with Crippen LogP contribution in [0.5, 0.6) is 0 Å². The molecule has 1 heterocycles. The third-order valence-electron chi connectivity index (χ3n) is 2.74. The van der Waals surface area contributed by atoms with Gasteiger partial charge in [-0.2, -0.15) is 0 Å². The van der Waals surface area contributed by atoms with E-state index in [1.165, 1.54) is 16.8 Å². The molecule has 0 spiro atoms. The van der Waals surface area contributed by atoms with Crippen LogP contribution in [0.3, 0.4) is 0 Å². The average Bonchev–Trinajstić information content (AvgIpc) is 2.77. The standard InChI is InChI=1S/C13H13ClFN3O2/c1-13(2,3)11-10(12(19)20)16-17-18(11)8-6-4-5-7(14)9(8)15/h4-6H,1-3H3,(H,19,20). The molecule has 0 saturated heterocycles. The van der Waals surface area contributed by atoms with E-state index in [2.05, 4.69) is 10.3 Å². The lowest BCUT2D eigenvalue weighted by molar-refractivity contribution is 0.0687. The lowest BCUT2D eigenvalue weighted by Gasteiger charge is -2.20. The molecule has 0 unspecified atom stereocenters. The fourth-order valence-corrected chi connectivity index (χ4v) is 2.09. The van der Waals surface area contributed by atoms with Gasteiger partial charge in [-0.1, -0.05) is 43.7 Å². The van der Waals surface area contributed by atoms with Gasteiger partial charge in [0.2, 0.25) is 0 Å². The summed E-state index contributed by atoms with van der Waals surface area (Å²) in [6.45, 7) is 5.41. The van der Waals surface area contributed by atoms with Crippen LogP contribution in [0, 0.1) is 5.82 Å². The maximum absolute atomic E-state index is 14.1. The van der Waals surface area contributed by atoms with E-state index in [0.29, 0.717) is 5.69 Å². The number of carbonyl (C=O) groups is 1. The number of hydrogen-bond donors (Lipinski definition) is 1. The Hall–Kier alpha value is -1.95. The second kappa shape index (κ2) is 4.86. The lowest BCUT2D eigenvalue weighted by Crippen LogP contribution is -2.21. The van der Waals surface area contributed by atoms with Crippen molar-refractivity contribution in [2.24, 2.45) is 0 Å². The quantitative estimate of drug-likeness (QED) is 0.925. The number of rotatable bonds is 2. The highest BCUT2D eigenvalue weighted by Gasteiger charge is 2.30. The van der Waals surface area contributed by atoms with E-state index in [4.69, 9.17) is 11.6 Å². The summed E-state index contributed by atoms with van der Waals surface area (Å²) >= 11 is 5.75. The van der Waals surface area contributed by atoms with E-state index in [-0.39, 0.29) is 16.4 Å². The second-order valence-corrected chi connectivity index (χ2v) is 5.73. The molecule has 5 nitrogen and oxygen atoms in total. The van der Waals surface area contributed by atoms with Crippen LogP contribution in [-0.2, 0) is 5.41 Å². The Bertz CT molecular complexity index is 677. The minimum absolute atomic E-state index is 0.0604. The zero-order chi connectivity index (χ0) is 15.1. The van der Waals surface area contributed by atoms with Crippen LogP contribution in [0.15, 0.2) is 18.2 Å². The highest BCUT2D eigenvalue weighted by atomic mass is 35.5. The average molecular weight is 298 g/mol. The number of nitrogens with zero attached hydrogens (tertiary/aromatic N) is 3.